The van der Waals surface area contributed by atoms with E-state index in [2.05, 4.69) is 73.0 Å². The standard InChI is InChI=1S/C23H26NO/c1-17-11-9-10-16-21(17)24-18(2)22(19-12-5-3-6-13-19)25-23(24)20-14-7-4-8-15-20/h3,5-6,9-13,16,20H,4,7-8,14-15H2,1-2H3/q+1. The number of benzene rings is 2. The average molecular weight is 332 g/mol. The van der Waals surface area contributed by atoms with Gasteiger partial charge in [0.05, 0.1) is 5.92 Å². The van der Waals surface area contributed by atoms with Crippen molar-refractivity contribution < 1.29 is 8.98 Å². The van der Waals surface area contributed by atoms with E-state index in [0.717, 1.165) is 17.2 Å². The van der Waals surface area contributed by atoms with Crippen LogP contribution in [0.1, 0.15) is 55.2 Å². The molecule has 2 heteroatoms. The summed E-state index contributed by atoms with van der Waals surface area (Å²) < 4.78 is 8.91. The predicted octanol–water partition coefficient (Wildman–Crippen LogP) is 5.89. The first-order valence-electron chi connectivity index (χ1n) is 9.42. The van der Waals surface area contributed by atoms with Gasteiger partial charge in [-0.15, -0.1) is 4.57 Å². The number of aromatic nitrogens is 1. The predicted molar refractivity (Wildman–Crippen MR) is 101 cm³/mol. The molecule has 0 saturated heterocycles. The zero-order valence-electron chi connectivity index (χ0n) is 15.2. The molecule has 0 aliphatic heterocycles. The molecule has 1 aliphatic carbocycles. The molecule has 1 saturated carbocycles. The molecule has 25 heavy (non-hydrogen) atoms. The van der Waals surface area contributed by atoms with Crippen LogP contribution in [-0.2, 0) is 0 Å². The van der Waals surface area contributed by atoms with Gasteiger partial charge >= 0.3 is 5.89 Å². The molecule has 2 nitrogen and oxygen atoms in total. The third-order valence-electron chi connectivity index (χ3n) is 5.44. The Morgan fingerprint density at radius 1 is 0.840 bits per heavy atom. The number of para-hydroxylation sites is 1. The van der Waals surface area contributed by atoms with Gasteiger partial charge in [-0.05, 0) is 19.8 Å². The highest BCUT2D eigenvalue weighted by Gasteiger charge is 2.35. The van der Waals surface area contributed by atoms with Crippen molar-refractivity contribution in [3.63, 3.8) is 0 Å². The Morgan fingerprint density at radius 2 is 1.52 bits per heavy atom. The van der Waals surface area contributed by atoms with E-state index in [1.165, 1.54) is 49.0 Å². The molecule has 1 aliphatic rings. The first kappa shape index (κ1) is 16.1. The number of hydrogen-bond acceptors (Lipinski definition) is 1. The summed E-state index contributed by atoms with van der Waals surface area (Å²) in [6, 6.07) is 19.1. The fraction of sp³-hybridized carbons (Fsp3) is 0.348. The highest BCUT2D eigenvalue weighted by atomic mass is 16.4. The summed E-state index contributed by atoms with van der Waals surface area (Å²) >= 11 is 0. The van der Waals surface area contributed by atoms with Crippen molar-refractivity contribution in [3.8, 4) is 17.0 Å². The van der Waals surface area contributed by atoms with Crippen molar-refractivity contribution in [1.29, 1.82) is 0 Å². The van der Waals surface area contributed by atoms with Crippen LogP contribution in [-0.4, -0.2) is 0 Å². The molecule has 0 bridgehead atoms. The van der Waals surface area contributed by atoms with Crippen LogP contribution in [0.25, 0.3) is 17.0 Å². The van der Waals surface area contributed by atoms with Crippen LogP contribution < -0.4 is 4.57 Å². The molecule has 0 radical (unpaired) electrons. The Balaban J connectivity index is 1.91. The molecule has 0 unspecified atom stereocenters. The number of nitrogens with zero attached hydrogens (tertiary/aromatic N) is 1. The van der Waals surface area contributed by atoms with Crippen LogP contribution in [0.5, 0.6) is 0 Å². The molecule has 0 amide bonds. The molecule has 1 aromatic heterocycles. The van der Waals surface area contributed by atoms with Gasteiger partial charge in [-0.25, -0.2) is 0 Å². The first-order chi connectivity index (χ1) is 12.3. The molecule has 0 atom stereocenters. The molecule has 1 fully saturated rings. The second-order valence-corrected chi connectivity index (χ2v) is 7.18. The summed E-state index contributed by atoms with van der Waals surface area (Å²) in [7, 11) is 0. The highest BCUT2D eigenvalue weighted by molar-refractivity contribution is 5.58. The van der Waals surface area contributed by atoms with Gasteiger partial charge in [0.25, 0.3) is 0 Å². The summed E-state index contributed by atoms with van der Waals surface area (Å²) in [6.45, 7) is 4.37. The van der Waals surface area contributed by atoms with Crippen LogP contribution in [0.4, 0.5) is 0 Å². The normalized spacial score (nSPS) is 15.4. The summed E-state index contributed by atoms with van der Waals surface area (Å²) in [4.78, 5) is 0. The van der Waals surface area contributed by atoms with Gasteiger partial charge in [-0.2, -0.15) is 0 Å². The van der Waals surface area contributed by atoms with E-state index >= 15 is 0 Å². The van der Waals surface area contributed by atoms with Gasteiger partial charge in [-0.1, -0.05) is 67.8 Å². The summed E-state index contributed by atoms with van der Waals surface area (Å²) in [5.41, 5.74) is 4.88. The molecule has 0 N–H and O–H groups in total. The van der Waals surface area contributed by atoms with E-state index in [0.29, 0.717) is 5.92 Å². The van der Waals surface area contributed by atoms with Gasteiger partial charge in [0.1, 0.15) is 0 Å². The largest absolute Gasteiger partial charge is 0.401 e. The van der Waals surface area contributed by atoms with E-state index in [9.17, 15) is 0 Å². The number of hydrogen-bond donors (Lipinski definition) is 0. The Morgan fingerprint density at radius 3 is 2.24 bits per heavy atom. The summed E-state index contributed by atoms with van der Waals surface area (Å²) in [5, 5.41) is 0. The van der Waals surface area contributed by atoms with Crippen molar-refractivity contribution in [2.24, 2.45) is 0 Å². The van der Waals surface area contributed by atoms with E-state index in [4.69, 9.17) is 4.42 Å². The second kappa shape index (κ2) is 6.87. The van der Waals surface area contributed by atoms with Gasteiger partial charge in [0.15, 0.2) is 0 Å². The lowest BCUT2D eigenvalue weighted by atomic mass is 9.89. The average Bonchev–Trinajstić information content (AvgIpc) is 3.01. The molecule has 0 spiro atoms. The van der Waals surface area contributed by atoms with Crippen molar-refractivity contribution >= 4 is 0 Å². The lowest BCUT2D eigenvalue weighted by Gasteiger charge is -2.16. The fourth-order valence-electron chi connectivity index (χ4n) is 4.08. The maximum Gasteiger partial charge on any atom is 0.356 e. The lowest BCUT2D eigenvalue weighted by molar-refractivity contribution is -0.617. The van der Waals surface area contributed by atoms with Crippen LogP contribution >= 0.6 is 0 Å². The van der Waals surface area contributed by atoms with Crippen LogP contribution in [0.15, 0.2) is 59.0 Å². The quantitative estimate of drug-likeness (QED) is 0.547. The molecule has 3 aromatic rings. The fourth-order valence-corrected chi connectivity index (χ4v) is 4.08. The van der Waals surface area contributed by atoms with Gasteiger partial charge < -0.3 is 4.42 Å². The smallest absolute Gasteiger partial charge is 0.356 e. The molecular formula is C23H26NO+. The van der Waals surface area contributed by atoms with Crippen LogP contribution in [0.3, 0.4) is 0 Å². The Hall–Kier alpha value is -2.35. The van der Waals surface area contributed by atoms with E-state index in [1.54, 1.807) is 0 Å². The number of oxazole rings is 1. The maximum atomic E-state index is 6.54. The zero-order chi connectivity index (χ0) is 17.2. The van der Waals surface area contributed by atoms with Crippen LogP contribution in [0.2, 0.25) is 0 Å². The van der Waals surface area contributed by atoms with E-state index < -0.39 is 0 Å². The van der Waals surface area contributed by atoms with Crippen LogP contribution in [0, 0.1) is 13.8 Å². The van der Waals surface area contributed by atoms with E-state index in [1.807, 2.05) is 0 Å². The van der Waals surface area contributed by atoms with Crippen molar-refractivity contribution in [2.45, 2.75) is 51.9 Å². The lowest BCUT2D eigenvalue weighted by Crippen LogP contribution is -2.38. The topological polar surface area (TPSA) is 17.0 Å². The summed E-state index contributed by atoms with van der Waals surface area (Å²) in [5.74, 6) is 2.65. The number of rotatable bonds is 3. The molecule has 128 valence electrons. The highest BCUT2D eigenvalue weighted by Crippen LogP contribution is 2.35. The Bertz CT molecular complexity index is 857. The van der Waals surface area contributed by atoms with Gasteiger partial charge in [0.2, 0.25) is 17.1 Å². The first-order valence-corrected chi connectivity index (χ1v) is 9.42. The molecular weight excluding hydrogens is 306 g/mol. The Kier molecular flexibility index (Phi) is 4.44. The minimum Gasteiger partial charge on any atom is -0.401 e. The maximum absolute atomic E-state index is 6.54. The van der Waals surface area contributed by atoms with Crippen molar-refractivity contribution in [2.75, 3.05) is 0 Å². The van der Waals surface area contributed by atoms with Gasteiger partial charge in [-0.3, -0.25) is 0 Å². The third kappa shape index (κ3) is 3.02. The molecule has 1 heterocycles. The molecule has 4 rings (SSSR count). The van der Waals surface area contributed by atoms with Crippen molar-refractivity contribution in [3.05, 3.63) is 71.7 Å². The van der Waals surface area contributed by atoms with E-state index in [-0.39, 0.29) is 0 Å². The zero-order valence-corrected chi connectivity index (χ0v) is 15.2. The van der Waals surface area contributed by atoms with Crippen molar-refractivity contribution in [1.82, 2.24) is 0 Å². The minimum absolute atomic E-state index is 0.518. The molecule has 2 aromatic carbocycles. The van der Waals surface area contributed by atoms with Gasteiger partial charge in [0, 0.05) is 24.1 Å². The second-order valence-electron chi connectivity index (χ2n) is 7.18. The SMILES string of the molecule is Cc1ccccc1-[n+]1c(C2CCCCC2)oc(-c2ccccc2)c1C. The summed E-state index contributed by atoms with van der Waals surface area (Å²) in [6.07, 6.45) is 6.42. The monoisotopic (exact) mass is 332 g/mol. The minimum atomic E-state index is 0.518. The Labute approximate surface area is 150 Å². The third-order valence-corrected chi connectivity index (χ3v) is 5.44. The number of aryl methyl sites for hydroxylation is 1.